The Morgan fingerprint density at radius 2 is 0.855 bits per heavy atom. The van der Waals surface area contributed by atoms with Crippen LogP contribution in [-0.2, 0) is 88.1 Å². The highest BCUT2D eigenvalue weighted by atomic mass is 127. The second kappa shape index (κ2) is 44.3. The molecule has 6 heterocycles. The number of imide groups is 4. The minimum atomic E-state index is -4.03. The monoisotopic (exact) mass is 1950 g/mol. The molecule has 4 N–H and O–H groups in total. The second-order valence-corrected chi connectivity index (χ2v) is 35.2. The second-order valence-electron chi connectivity index (χ2n) is 31.2. The highest BCUT2D eigenvalue weighted by Crippen LogP contribution is 2.40. The maximum atomic E-state index is 14.0. The first-order valence-electron chi connectivity index (χ1n) is 42.4. The molecule has 131 heavy (non-hydrogen) atoms. The Kier molecular flexibility index (Phi) is 33.2. The van der Waals surface area contributed by atoms with E-state index in [-0.39, 0.29) is 134 Å². The molecular formula is C94H100IN9O25S2. The topological polar surface area (TPSA) is 445 Å². The first-order valence-corrected chi connectivity index (χ1v) is 47.9. The van der Waals surface area contributed by atoms with Crippen molar-refractivity contribution in [2.24, 2.45) is 28.2 Å². The number of hydrogen-bond donors (Lipinski definition) is 4. The molecular weight excluding hydrogens is 1850 g/mol. The number of imidazole rings is 2. The highest BCUT2D eigenvalue weighted by Gasteiger charge is 2.48. The maximum Gasteiger partial charge on any atom is 0.335 e. The number of halogens is 1. The van der Waals surface area contributed by atoms with Crippen molar-refractivity contribution >= 4 is 135 Å². The summed E-state index contributed by atoms with van der Waals surface area (Å²) in [7, 11) is -1.52. The number of aromatic carboxylic acids is 1. The van der Waals surface area contributed by atoms with Crippen LogP contribution in [0, 0.1) is 0 Å². The van der Waals surface area contributed by atoms with Crippen molar-refractivity contribution in [3.63, 3.8) is 0 Å². The van der Waals surface area contributed by atoms with Crippen LogP contribution in [0.1, 0.15) is 190 Å². The first-order chi connectivity index (χ1) is 62.7. The number of nitrogens with one attached hydrogen (secondary N) is 3. The summed E-state index contributed by atoms with van der Waals surface area (Å²) in [6.07, 6.45) is 7.84. The van der Waals surface area contributed by atoms with Gasteiger partial charge in [-0.2, -0.15) is 0 Å². The van der Waals surface area contributed by atoms with Gasteiger partial charge in [-0.3, -0.25) is 91.4 Å². The third-order valence-corrected chi connectivity index (χ3v) is 25.2. The molecule has 0 radical (unpaired) electrons. The molecule has 2 aromatic heterocycles. The van der Waals surface area contributed by atoms with Crippen LogP contribution in [0.15, 0.2) is 177 Å². The molecule has 0 spiro atoms. The van der Waals surface area contributed by atoms with E-state index in [0.29, 0.717) is 95.1 Å². The summed E-state index contributed by atoms with van der Waals surface area (Å²) in [6.45, 7) is 6.78. The molecule has 2 unspecified atom stereocenters. The fourth-order valence-electron chi connectivity index (χ4n) is 15.1. The number of rotatable bonds is 37. The number of unbranched alkanes of at least 4 members (excludes halogenated alkanes) is 5. The third-order valence-electron chi connectivity index (χ3n) is 21.9. The Morgan fingerprint density at radius 1 is 0.443 bits per heavy atom. The molecule has 0 aliphatic carbocycles. The van der Waals surface area contributed by atoms with Gasteiger partial charge in [-0.05, 0) is 141 Å². The van der Waals surface area contributed by atoms with Crippen LogP contribution in [0.25, 0.3) is 22.1 Å². The van der Waals surface area contributed by atoms with Crippen molar-refractivity contribution in [2.75, 3.05) is 37.9 Å². The first kappa shape index (κ1) is 98.2. The molecule has 2 atom stereocenters. The summed E-state index contributed by atoms with van der Waals surface area (Å²) in [5, 5.41) is 16.3. The van der Waals surface area contributed by atoms with Gasteiger partial charge in [0.2, 0.25) is 23.6 Å². The number of hydrogen-bond acceptors (Lipinski definition) is 24. The molecule has 690 valence electrons. The lowest BCUT2D eigenvalue weighted by molar-refractivity contribution is -0.137. The maximum absolute atomic E-state index is 14.0. The van der Waals surface area contributed by atoms with Crippen LogP contribution in [0.5, 0.6) is 46.0 Å². The molecule has 14 rings (SSSR count). The summed E-state index contributed by atoms with van der Waals surface area (Å²) < 4.78 is 95.3. The molecule has 34 nitrogen and oxygen atoms in total. The van der Waals surface area contributed by atoms with E-state index in [4.69, 9.17) is 28.4 Å². The number of carboxylic acid groups (broad SMARTS) is 1. The van der Waals surface area contributed by atoms with Crippen molar-refractivity contribution < 1.29 is 108 Å². The Balaban J connectivity index is 0.000000208. The van der Waals surface area contributed by atoms with Crippen LogP contribution in [0.3, 0.4) is 0 Å². The van der Waals surface area contributed by atoms with Gasteiger partial charge in [-0.1, -0.05) is 112 Å². The fraction of sp³-hybridized carbons (Fsp3) is 0.340. The number of sulfone groups is 2. The quantitative estimate of drug-likeness (QED) is 0.00923. The molecule has 2 fully saturated rings. The van der Waals surface area contributed by atoms with E-state index in [1.54, 1.807) is 113 Å². The van der Waals surface area contributed by atoms with Crippen LogP contribution >= 0.6 is 22.6 Å². The van der Waals surface area contributed by atoms with Gasteiger partial charge in [0.15, 0.2) is 37.8 Å². The standard InChI is InChI=1S/C46H47N5O12S.C26H26N2O7S.C21H24N2O6.CH3I/c1-4-21-61-30-12-9-13-31(24-30)63-39-25-36-35(49(2)46(58)50(36)3)23-29(39)27-64(59,60)32-14-8-11-28(22-32)37(52)16-6-5-7-20-47-41(54)26-62-38-17-10-15-33-42(38)45(57)51(44(33)56)34-18-19-40(53)48-43(34)55;1-4-11-34-19-8-6-9-20(14-19)35-24-15-23-22(27(2)26(31)28(23)3)13-18(24)16-36(32,33)21-10-5-7-17(12-21)25(29)30;1-2-3-4-5-7-13(24)12-29-16-9-6-8-14-18(16)21(28)23(20(14)27)15-10-11-17(25)22-19(15)26;1-2/h8-15,17,22-25,34H,4-7,16,18-21,26-27H2,1-3H3,(H,47,54)(H,48,53,55);5-10,12-15H,4,11,16H2,1-3H3,(H,29,30);6,8-9,15H,2-5,7,10-12H2,1H3,(H,22,25,26);1H3. The predicted molar refractivity (Wildman–Crippen MR) is 489 cm³/mol. The van der Waals surface area contributed by atoms with E-state index in [1.807, 2.05) is 18.8 Å². The van der Waals surface area contributed by atoms with E-state index in [9.17, 15) is 89.1 Å². The number of aromatic nitrogens is 4. The van der Waals surface area contributed by atoms with Crippen LogP contribution in [-0.4, -0.2) is 171 Å². The van der Waals surface area contributed by atoms with Crippen LogP contribution in [0.4, 0.5) is 0 Å². The lowest BCUT2D eigenvalue weighted by Gasteiger charge is -2.27. The fourth-order valence-corrected chi connectivity index (χ4v) is 17.9. The molecule has 10 aromatic rings. The smallest absolute Gasteiger partial charge is 0.335 e. The van der Waals surface area contributed by atoms with Gasteiger partial charge in [0, 0.05) is 101 Å². The van der Waals surface area contributed by atoms with Gasteiger partial charge in [0.05, 0.1) is 84.4 Å². The average molecular weight is 1950 g/mol. The van der Waals surface area contributed by atoms with Crippen molar-refractivity contribution in [2.45, 2.75) is 150 Å². The zero-order valence-electron chi connectivity index (χ0n) is 73.3. The molecule has 8 aromatic carbocycles. The molecule has 4 aliphatic rings. The van der Waals surface area contributed by atoms with Crippen LogP contribution in [0.2, 0.25) is 0 Å². The number of benzene rings is 8. The van der Waals surface area contributed by atoms with E-state index in [2.05, 4.69) is 45.5 Å². The number of alkyl halides is 1. The molecule has 9 amide bonds. The van der Waals surface area contributed by atoms with Gasteiger partial charge in [-0.15, -0.1) is 0 Å². The number of nitrogens with zero attached hydrogens (tertiary/aromatic N) is 6. The number of fused-ring (bicyclic) bond motifs is 4. The van der Waals surface area contributed by atoms with E-state index in [0.717, 1.165) is 54.4 Å². The number of Topliss-reactive ketones (excluding diaryl/α,β-unsaturated/α-hetero) is 2. The Bertz CT molecular complexity index is 6490. The highest BCUT2D eigenvalue weighted by molar-refractivity contribution is 14.1. The van der Waals surface area contributed by atoms with Gasteiger partial charge < -0.3 is 38.8 Å². The number of ether oxygens (including phenoxy) is 6. The lowest BCUT2D eigenvalue weighted by atomic mass is 10.0. The lowest BCUT2D eigenvalue weighted by Crippen LogP contribution is -2.54. The molecule has 0 saturated carbocycles. The summed E-state index contributed by atoms with van der Waals surface area (Å²) in [5.74, 6) is -5.24. The Labute approximate surface area is 767 Å². The van der Waals surface area contributed by atoms with Crippen molar-refractivity contribution in [3.8, 4) is 46.0 Å². The number of carboxylic acids is 1. The number of aryl methyl sites for hydroxylation is 4. The van der Waals surface area contributed by atoms with Crippen LogP contribution < -0.4 is 55.8 Å². The summed E-state index contributed by atoms with van der Waals surface area (Å²) >= 11 is 2.15. The van der Waals surface area contributed by atoms with E-state index < -0.39 is 109 Å². The molecule has 4 aliphatic heterocycles. The molecule has 37 heteroatoms. The number of carbonyl (C=O) groups is 12. The normalized spacial score (nSPS) is 14.7. The Morgan fingerprint density at radius 3 is 1.31 bits per heavy atom. The van der Waals surface area contributed by atoms with Gasteiger partial charge in [0.1, 0.15) is 64.7 Å². The summed E-state index contributed by atoms with van der Waals surface area (Å²) in [4.78, 5) is 178. The zero-order chi connectivity index (χ0) is 94.7. The number of ketones is 2. The minimum absolute atomic E-state index is 0.00455. The SMILES string of the molecule is CCCCCCC(=O)COc1cccc2c1C(=O)N(C1CCC(=O)NC1=O)C2=O.CCCOc1cccc(Oc2cc3c(cc2CS(=O)(=O)c2cccc(C(=O)CCCCCNC(=O)COc4cccc5c4C(=O)N(C4CCC(=O)NC4=O)C5=O)c2)n(C)c(=O)n3C)c1.CCCOc1cccc(Oc2cc3c(cc2CS(=O)(=O)c2cccc(C(=O)O)c2)n(C)c(=O)n3C)c1.CI. The van der Waals surface area contributed by atoms with Crippen molar-refractivity contribution in [3.05, 3.63) is 223 Å². The zero-order valence-corrected chi connectivity index (χ0v) is 77.1. The van der Waals surface area contributed by atoms with Gasteiger partial charge >= 0.3 is 17.3 Å². The van der Waals surface area contributed by atoms with Crippen molar-refractivity contribution in [1.29, 1.82) is 0 Å². The van der Waals surface area contributed by atoms with E-state index >= 15 is 0 Å². The summed E-state index contributed by atoms with van der Waals surface area (Å²) in [5.41, 5.74) is 2.55. The number of carbonyl (C=O) groups excluding carboxylic acids is 11. The largest absolute Gasteiger partial charge is 0.493 e. The van der Waals surface area contributed by atoms with E-state index in [1.165, 1.54) is 85.0 Å². The average Bonchev–Trinajstić information content (AvgIpc) is 1.59. The molecule has 2 saturated heterocycles. The number of amides is 9. The minimum Gasteiger partial charge on any atom is -0.493 e. The van der Waals surface area contributed by atoms with Gasteiger partial charge in [0.25, 0.3) is 29.5 Å². The van der Waals surface area contributed by atoms with Gasteiger partial charge in [-0.25, -0.2) is 31.2 Å². The third kappa shape index (κ3) is 23.4. The van der Waals surface area contributed by atoms with Crippen molar-refractivity contribution in [1.82, 2.24) is 44.0 Å². The number of piperidine rings is 2. The summed E-state index contributed by atoms with van der Waals surface area (Å²) in [6, 6.07) is 38.4. The Hall–Kier alpha value is -13.4. The molecule has 0 bridgehead atoms. The predicted octanol–water partition coefficient (Wildman–Crippen LogP) is 12.0.